The van der Waals surface area contributed by atoms with Gasteiger partial charge in [0.05, 0.1) is 16.8 Å². The van der Waals surface area contributed by atoms with Crippen LogP contribution >= 0.6 is 0 Å². The summed E-state index contributed by atoms with van der Waals surface area (Å²) >= 11 is 0. The maximum atomic E-state index is 10.3. The Labute approximate surface area is 199 Å². The molecular formula is C31H23BN2. The average Bonchev–Trinajstić information content (AvgIpc) is 3.18. The molecule has 0 bridgehead atoms. The van der Waals surface area contributed by atoms with Gasteiger partial charge in [0, 0.05) is 27.1 Å². The maximum absolute atomic E-state index is 10.3. The second kappa shape index (κ2) is 5.48. The molecule has 0 spiro atoms. The van der Waals surface area contributed by atoms with Crippen LogP contribution in [0.1, 0.15) is 55.5 Å². The van der Waals surface area contributed by atoms with Gasteiger partial charge in [0.15, 0.2) is 0 Å². The fourth-order valence-corrected chi connectivity index (χ4v) is 7.62. The normalized spacial score (nSPS) is 17.2. The van der Waals surface area contributed by atoms with Crippen LogP contribution in [0.5, 0.6) is 0 Å². The zero-order chi connectivity index (χ0) is 23.1. The number of hydrogen-bond donors (Lipinski definition) is 0. The van der Waals surface area contributed by atoms with E-state index in [1.807, 2.05) is 6.07 Å². The van der Waals surface area contributed by atoms with Crippen LogP contribution < -0.4 is 16.4 Å². The van der Waals surface area contributed by atoms with Crippen LogP contribution in [0.2, 0.25) is 0 Å². The maximum Gasteiger partial charge on any atom is 0.248 e. The molecule has 0 fully saturated rings. The van der Waals surface area contributed by atoms with Gasteiger partial charge < -0.3 is 4.57 Å². The van der Waals surface area contributed by atoms with Crippen molar-refractivity contribution in [3.8, 4) is 11.8 Å². The molecule has 4 heterocycles. The lowest BCUT2D eigenvalue weighted by Gasteiger charge is -2.48. The van der Waals surface area contributed by atoms with Crippen LogP contribution in [0.25, 0.3) is 27.5 Å². The minimum absolute atomic E-state index is 0.0927. The van der Waals surface area contributed by atoms with Gasteiger partial charge in [0.25, 0.3) is 0 Å². The first-order valence-corrected chi connectivity index (χ1v) is 12.2. The van der Waals surface area contributed by atoms with E-state index in [1.54, 1.807) is 0 Å². The van der Waals surface area contributed by atoms with Crippen molar-refractivity contribution in [3.05, 3.63) is 94.5 Å². The fraction of sp³-hybridized carbons (Fsp3) is 0.194. The minimum atomic E-state index is -0.137. The van der Waals surface area contributed by atoms with Crippen molar-refractivity contribution in [3.63, 3.8) is 0 Å². The van der Waals surface area contributed by atoms with E-state index in [9.17, 15) is 5.26 Å². The van der Waals surface area contributed by atoms with Crippen LogP contribution in [-0.4, -0.2) is 11.3 Å². The predicted molar refractivity (Wildman–Crippen MR) is 141 cm³/mol. The molecule has 3 aliphatic heterocycles. The number of nitrogens with zero attached hydrogens (tertiary/aromatic N) is 2. The number of nitriles is 1. The molecule has 3 heteroatoms. The van der Waals surface area contributed by atoms with Crippen molar-refractivity contribution in [1.29, 1.82) is 5.26 Å². The molecule has 0 N–H and O–H groups in total. The van der Waals surface area contributed by atoms with E-state index >= 15 is 0 Å². The third-order valence-corrected chi connectivity index (χ3v) is 9.10. The third-order valence-electron chi connectivity index (χ3n) is 9.10. The molecule has 0 atom stereocenters. The topological polar surface area (TPSA) is 28.7 Å². The fourth-order valence-electron chi connectivity index (χ4n) is 7.62. The smallest absolute Gasteiger partial charge is 0.248 e. The van der Waals surface area contributed by atoms with E-state index in [1.165, 1.54) is 60.4 Å². The summed E-state index contributed by atoms with van der Waals surface area (Å²) in [5.41, 5.74) is 14.0. The molecule has 1 aromatic heterocycles. The highest BCUT2D eigenvalue weighted by Crippen LogP contribution is 2.46. The molecule has 0 unspecified atom stereocenters. The van der Waals surface area contributed by atoms with Gasteiger partial charge in [-0.2, -0.15) is 5.26 Å². The molecule has 0 saturated carbocycles. The predicted octanol–water partition coefficient (Wildman–Crippen LogP) is 4.76. The van der Waals surface area contributed by atoms with Crippen molar-refractivity contribution >= 4 is 44.9 Å². The van der Waals surface area contributed by atoms with Gasteiger partial charge in [-0.1, -0.05) is 87.8 Å². The highest BCUT2D eigenvalue weighted by Gasteiger charge is 2.52. The van der Waals surface area contributed by atoms with Gasteiger partial charge in [0.2, 0.25) is 6.71 Å². The van der Waals surface area contributed by atoms with Crippen LogP contribution in [0.4, 0.5) is 0 Å². The zero-order valence-corrected chi connectivity index (χ0v) is 19.8. The van der Waals surface area contributed by atoms with Crippen molar-refractivity contribution in [2.45, 2.75) is 38.5 Å². The molecule has 0 radical (unpaired) electrons. The first-order valence-electron chi connectivity index (χ1n) is 12.2. The second-order valence-electron chi connectivity index (χ2n) is 11.3. The van der Waals surface area contributed by atoms with Gasteiger partial charge in [-0.25, -0.2) is 0 Å². The largest absolute Gasteiger partial charge is 0.309 e. The summed E-state index contributed by atoms with van der Waals surface area (Å²) in [6.45, 7) is 9.64. The number of para-hydroxylation sites is 1. The Bertz CT molecular complexity index is 1810. The van der Waals surface area contributed by atoms with E-state index in [0.29, 0.717) is 0 Å². The van der Waals surface area contributed by atoms with Gasteiger partial charge in [0.1, 0.15) is 6.07 Å². The average molecular weight is 434 g/mol. The van der Waals surface area contributed by atoms with Crippen molar-refractivity contribution < 1.29 is 0 Å². The summed E-state index contributed by atoms with van der Waals surface area (Å²) in [5.74, 6) is 0. The summed E-state index contributed by atoms with van der Waals surface area (Å²) in [6, 6.07) is 27.1. The van der Waals surface area contributed by atoms with Crippen LogP contribution in [0, 0.1) is 11.3 Å². The molecular weight excluding hydrogens is 411 g/mol. The third kappa shape index (κ3) is 1.76. The van der Waals surface area contributed by atoms with Gasteiger partial charge in [-0.15, -0.1) is 0 Å². The second-order valence-corrected chi connectivity index (χ2v) is 11.3. The Morgan fingerprint density at radius 3 is 2.06 bits per heavy atom. The standard InChI is InChI=1S/C31H23BN2/c1-30(2)20-9-7-10-21-25(20)32-26-22(30)14-12-17(16-33)28(26)34-24-11-6-5-8-18(24)19-13-15-23(31(21,3)4)27(32)29(19)34/h5-15H,1-4H3. The van der Waals surface area contributed by atoms with E-state index in [2.05, 4.69) is 99.0 Å². The molecule has 34 heavy (non-hydrogen) atoms. The summed E-state index contributed by atoms with van der Waals surface area (Å²) in [4.78, 5) is 0. The summed E-state index contributed by atoms with van der Waals surface area (Å²) in [7, 11) is 0. The molecule has 8 rings (SSSR count). The SMILES string of the molecule is CC1(C)c2cccc3c2B2c4c1ccc(C#N)c4-n1c4ccccc4c4ccc(c2c41)C3(C)C. The van der Waals surface area contributed by atoms with E-state index in [-0.39, 0.29) is 17.5 Å². The molecule has 3 aliphatic rings. The Morgan fingerprint density at radius 2 is 1.32 bits per heavy atom. The Balaban J connectivity index is 1.74. The number of fused-ring (bicyclic) bond motifs is 4. The number of hydrogen-bond acceptors (Lipinski definition) is 1. The van der Waals surface area contributed by atoms with Crippen LogP contribution in [0.3, 0.4) is 0 Å². The Morgan fingerprint density at radius 1 is 0.676 bits per heavy atom. The Kier molecular flexibility index (Phi) is 3.00. The van der Waals surface area contributed by atoms with Crippen molar-refractivity contribution in [2.24, 2.45) is 0 Å². The number of aromatic nitrogens is 1. The van der Waals surface area contributed by atoms with Crippen molar-refractivity contribution in [1.82, 2.24) is 4.57 Å². The lowest BCUT2D eigenvalue weighted by atomic mass is 9.26. The van der Waals surface area contributed by atoms with Gasteiger partial charge >= 0.3 is 0 Å². The van der Waals surface area contributed by atoms with E-state index in [4.69, 9.17) is 0 Å². The first-order chi connectivity index (χ1) is 16.4. The molecule has 0 saturated heterocycles. The molecule has 5 aromatic rings. The highest BCUT2D eigenvalue weighted by molar-refractivity contribution is 7.00. The first kappa shape index (κ1) is 18.6. The molecule has 160 valence electrons. The van der Waals surface area contributed by atoms with Crippen molar-refractivity contribution in [2.75, 3.05) is 0 Å². The molecule has 0 amide bonds. The van der Waals surface area contributed by atoms with E-state index < -0.39 is 0 Å². The minimum Gasteiger partial charge on any atom is -0.309 e. The number of benzene rings is 4. The highest BCUT2D eigenvalue weighted by atomic mass is 15.0. The zero-order valence-electron chi connectivity index (χ0n) is 19.8. The van der Waals surface area contributed by atoms with Crippen LogP contribution in [-0.2, 0) is 10.8 Å². The lowest BCUT2D eigenvalue weighted by Crippen LogP contribution is -2.68. The monoisotopic (exact) mass is 434 g/mol. The molecule has 2 nitrogen and oxygen atoms in total. The summed E-state index contributed by atoms with van der Waals surface area (Å²) in [6.07, 6.45) is 0. The summed E-state index contributed by atoms with van der Waals surface area (Å²) in [5, 5.41) is 12.8. The molecule has 0 aliphatic carbocycles. The van der Waals surface area contributed by atoms with Gasteiger partial charge in [-0.05, 0) is 45.3 Å². The Hall–Kier alpha value is -3.77. The summed E-state index contributed by atoms with van der Waals surface area (Å²) < 4.78 is 2.42. The lowest BCUT2D eigenvalue weighted by molar-refractivity contribution is 0.621. The number of rotatable bonds is 0. The van der Waals surface area contributed by atoms with Crippen LogP contribution in [0.15, 0.2) is 66.7 Å². The van der Waals surface area contributed by atoms with E-state index in [0.717, 1.165) is 11.3 Å². The molecule has 4 aromatic carbocycles. The quantitative estimate of drug-likeness (QED) is 0.317. The van der Waals surface area contributed by atoms with Gasteiger partial charge in [-0.3, -0.25) is 0 Å².